The first-order valence-electron chi connectivity index (χ1n) is 21.5. The summed E-state index contributed by atoms with van der Waals surface area (Å²) in [4.78, 5) is 135. The van der Waals surface area contributed by atoms with Crippen LogP contribution in [0, 0.1) is 11.8 Å². The lowest BCUT2D eigenvalue weighted by molar-refractivity contribution is -0.142. The highest BCUT2D eigenvalue weighted by molar-refractivity contribution is 8.76. The van der Waals surface area contributed by atoms with Gasteiger partial charge in [0.25, 0.3) is 0 Å². The van der Waals surface area contributed by atoms with Crippen LogP contribution in [0.25, 0.3) is 0 Å². The summed E-state index contributed by atoms with van der Waals surface area (Å²) in [6.45, 7) is 5.62. The Morgan fingerprint density at radius 2 is 1.42 bits per heavy atom. The molecule has 1 aromatic carbocycles. The van der Waals surface area contributed by atoms with Crippen LogP contribution < -0.4 is 54.4 Å². The van der Waals surface area contributed by atoms with Crippen LogP contribution in [0.15, 0.2) is 24.3 Å². The second-order valence-corrected chi connectivity index (χ2v) is 19.1. The first-order chi connectivity index (χ1) is 31.1. The molecule has 2 heterocycles. The first kappa shape index (κ1) is 54.7. The number of rotatable bonds is 15. The summed E-state index contributed by atoms with van der Waals surface area (Å²) in [7, 11) is 2.06. The van der Waals surface area contributed by atoms with Crippen molar-refractivity contribution in [3.8, 4) is 5.75 Å². The number of phenols is 1. The number of primary amides is 2. The molecular weight excluding hydrogens is 903 g/mol. The van der Waals surface area contributed by atoms with E-state index in [1.165, 1.54) is 29.2 Å². The van der Waals surface area contributed by atoms with E-state index in [9.17, 15) is 58.2 Å². The fourth-order valence-electron chi connectivity index (χ4n) is 6.98. The number of hydrogen-bond acceptors (Lipinski definition) is 15. The third-order valence-corrected chi connectivity index (χ3v) is 13.2. The van der Waals surface area contributed by atoms with E-state index in [-0.39, 0.29) is 49.0 Å². The van der Waals surface area contributed by atoms with Gasteiger partial charge in [0.2, 0.25) is 59.1 Å². The molecule has 0 aliphatic carbocycles. The molecule has 2 aliphatic rings. The smallest absolute Gasteiger partial charge is 0.246 e. The zero-order chi connectivity index (χ0) is 49.2. The summed E-state index contributed by atoms with van der Waals surface area (Å²) >= 11 is 0. The second-order valence-electron chi connectivity index (χ2n) is 16.6. The molecule has 25 heteroatoms. The number of aliphatic hydroxyl groups excluding tert-OH is 1. The standard InChI is InChI=1S/C41H63N11O12S2/c1-5-21(4)33-40(63)49-28(17-53)38(61)47-27(15-31(43)55)36(59)50-29(19-66-65-18-24(42)34(57)46-26(37(60)51-33)14-22-8-10-23(54)11-9-22)41(64)52-12-6-7-30(52)39(62)48-25(13-20(2)3)35(58)45-16-32(44)56/h8-11,20-21,24-30,33,53-54H,5-7,12-19,42H2,1-4H3,(H2,43,55)(H2,44,56)(H,45,58)(H,46,57)(H,47,61)(H,48,62)(H,49,63)(H,50,59)(H,51,60)/t21-,24-,25-,26-,27-,28-,29-,30-,33-/m0/s1. The molecule has 66 heavy (non-hydrogen) atoms. The van der Waals surface area contributed by atoms with Gasteiger partial charge in [-0.25, -0.2) is 0 Å². The zero-order valence-electron chi connectivity index (χ0n) is 37.3. The van der Waals surface area contributed by atoms with Crippen LogP contribution in [0.2, 0.25) is 0 Å². The number of carbonyl (C=O) groups excluding carboxylic acids is 10. The highest BCUT2D eigenvalue weighted by Gasteiger charge is 2.41. The Labute approximate surface area is 390 Å². The quantitative estimate of drug-likeness (QED) is 0.0749. The molecule has 9 atom stereocenters. The molecular formula is C41H63N11O12S2. The van der Waals surface area contributed by atoms with Crippen molar-refractivity contribution in [1.82, 2.24) is 42.1 Å². The van der Waals surface area contributed by atoms with Crippen LogP contribution in [0.4, 0.5) is 0 Å². The third kappa shape index (κ3) is 17.0. The second kappa shape index (κ2) is 26.5. The van der Waals surface area contributed by atoms with Gasteiger partial charge in [-0.05, 0) is 48.8 Å². The summed E-state index contributed by atoms with van der Waals surface area (Å²) in [5.41, 5.74) is 17.4. The van der Waals surface area contributed by atoms with Gasteiger partial charge in [-0.3, -0.25) is 47.9 Å². The highest BCUT2D eigenvalue weighted by Crippen LogP contribution is 2.26. The number of benzene rings is 1. The Hall–Kier alpha value is -5.66. The zero-order valence-corrected chi connectivity index (χ0v) is 39.0. The van der Waals surface area contributed by atoms with Gasteiger partial charge in [0.05, 0.1) is 25.6 Å². The molecule has 366 valence electrons. The van der Waals surface area contributed by atoms with Crippen LogP contribution in [-0.2, 0) is 54.4 Å². The van der Waals surface area contributed by atoms with E-state index in [1.54, 1.807) is 13.8 Å². The molecule has 0 saturated carbocycles. The minimum atomic E-state index is -1.74. The molecule has 0 bridgehead atoms. The molecule has 0 unspecified atom stereocenters. The van der Waals surface area contributed by atoms with E-state index < -0.39 is 133 Å². The number of nitrogens with zero attached hydrogens (tertiary/aromatic N) is 1. The topological polar surface area (TPSA) is 377 Å². The SMILES string of the molecule is CC[C@H](C)[C@@H]1NC(=O)[C@H](Cc2ccc(O)cc2)NC(=O)[C@@H](N)CSSC[C@@H](C(=O)N2CCC[C@H]2C(=O)N[C@@H](CC(C)C)C(=O)NCC(N)=O)NC(=O)[C@H](CC(N)=O)NC(=O)[C@H](CO)NC1=O. The molecule has 2 saturated heterocycles. The molecule has 10 amide bonds. The Kier molecular flexibility index (Phi) is 21.9. The Bertz CT molecular complexity index is 1930. The normalized spacial score (nSPS) is 24.9. The summed E-state index contributed by atoms with van der Waals surface area (Å²) in [6, 6.07) is -5.09. The minimum Gasteiger partial charge on any atom is -0.508 e. The fraction of sp³-hybridized carbons (Fsp3) is 0.610. The Morgan fingerprint density at radius 3 is 2.03 bits per heavy atom. The number of phenolic OH excluding ortho intramolecular Hbond substituents is 1. The number of nitrogens with one attached hydrogen (secondary N) is 7. The maximum Gasteiger partial charge on any atom is 0.246 e. The predicted octanol–water partition coefficient (Wildman–Crippen LogP) is -3.88. The molecule has 23 nitrogen and oxygen atoms in total. The number of nitrogens with two attached hydrogens (primary N) is 3. The lowest BCUT2D eigenvalue weighted by Crippen LogP contribution is -2.62. The Morgan fingerprint density at radius 1 is 0.818 bits per heavy atom. The van der Waals surface area contributed by atoms with Gasteiger partial charge in [0, 0.05) is 24.5 Å². The van der Waals surface area contributed by atoms with Gasteiger partial charge < -0.3 is 69.5 Å². The van der Waals surface area contributed by atoms with Crippen LogP contribution in [0.1, 0.15) is 65.4 Å². The van der Waals surface area contributed by atoms with Crippen molar-refractivity contribution in [2.75, 3.05) is 31.2 Å². The molecule has 0 radical (unpaired) electrons. The predicted molar refractivity (Wildman–Crippen MR) is 243 cm³/mol. The maximum absolute atomic E-state index is 14.4. The number of aromatic hydroxyl groups is 1. The van der Waals surface area contributed by atoms with E-state index in [1.807, 2.05) is 13.8 Å². The van der Waals surface area contributed by atoms with Gasteiger partial charge in [0.1, 0.15) is 48.0 Å². The van der Waals surface area contributed by atoms with Crippen LogP contribution in [-0.4, -0.2) is 154 Å². The number of likely N-dealkylation sites (tertiary alicyclic amines) is 1. The van der Waals surface area contributed by atoms with Gasteiger partial charge in [0.15, 0.2) is 0 Å². The average Bonchev–Trinajstić information content (AvgIpc) is 3.76. The summed E-state index contributed by atoms with van der Waals surface area (Å²) in [6.07, 6.45) is 0.193. The molecule has 2 aliphatic heterocycles. The van der Waals surface area contributed by atoms with Crippen molar-refractivity contribution < 1.29 is 58.2 Å². The molecule has 3 rings (SSSR count). The van der Waals surface area contributed by atoms with E-state index in [0.717, 1.165) is 21.6 Å². The van der Waals surface area contributed by atoms with Crippen molar-refractivity contribution in [3.05, 3.63) is 29.8 Å². The average molecular weight is 966 g/mol. The molecule has 0 aromatic heterocycles. The number of aliphatic hydroxyl groups is 1. The minimum absolute atomic E-state index is 0.0398. The first-order valence-corrected chi connectivity index (χ1v) is 24.0. The number of carbonyl (C=O) groups is 10. The van der Waals surface area contributed by atoms with Crippen LogP contribution >= 0.6 is 21.6 Å². The third-order valence-electron chi connectivity index (χ3n) is 10.8. The van der Waals surface area contributed by atoms with E-state index in [2.05, 4.69) is 37.2 Å². The van der Waals surface area contributed by atoms with Crippen molar-refractivity contribution >= 4 is 80.7 Å². The monoisotopic (exact) mass is 965 g/mol. The summed E-state index contributed by atoms with van der Waals surface area (Å²) < 4.78 is 0. The molecule has 2 fully saturated rings. The maximum atomic E-state index is 14.4. The van der Waals surface area contributed by atoms with E-state index in [4.69, 9.17) is 17.2 Å². The van der Waals surface area contributed by atoms with Crippen LogP contribution in [0.3, 0.4) is 0 Å². The van der Waals surface area contributed by atoms with Crippen molar-refractivity contribution in [3.63, 3.8) is 0 Å². The fourth-order valence-corrected chi connectivity index (χ4v) is 9.26. The van der Waals surface area contributed by atoms with Crippen LogP contribution in [0.5, 0.6) is 5.75 Å². The number of amides is 10. The molecule has 0 spiro atoms. The molecule has 1 aromatic rings. The largest absolute Gasteiger partial charge is 0.508 e. The summed E-state index contributed by atoms with van der Waals surface area (Å²) in [5.74, 6) is -9.53. The van der Waals surface area contributed by atoms with Crippen molar-refractivity contribution in [2.24, 2.45) is 29.0 Å². The van der Waals surface area contributed by atoms with E-state index in [0.29, 0.717) is 18.4 Å². The van der Waals surface area contributed by atoms with Crippen molar-refractivity contribution in [2.45, 2.75) is 115 Å². The number of hydrogen-bond donors (Lipinski definition) is 12. The van der Waals surface area contributed by atoms with E-state index >= 15 is 0 Å². The molecule has 15 N–H and O–H groups in total. The highest BCUT2D eigenvalue weighted by atomic mass is 33.1. The summed E-state index contributed by atoms with van der Waals surface area (Å²) in [5, 5.41) is 37.6. The lowest BCUT2D eigenvalue weighted by Gasteiger charge is -2.31. The van der Waals surface area contributed by atoms with Gasteiger partial charge in [-0.2, -0.15) is 0 Å². The van der Waals surface area contributed by atoms with Gasteiger partial charge in [-0.1, -0.05) is 67.8 Å². The van der Waals surface area contributed by atoms with Gasteiger partial charge in [-0.15, -0.1) is 0 Å². The Balaban J connectivity index is 2.00. The lowest BCUT2D eigenvalue weighted by atomic mass is 9.96. The van der Waals surface area contributed by atoms with Gasteiger partial charge >= 0.3 is 0 Å². The van der Waals surface area contributed by atoms with Crippen molar-refractivity contribution in [1.29, 1.82) is 0 Å².